The molecule has 0 saturated heterocycles. The Bertz CT molecular complexity index is 667. The Labute approximate surface area is 148 Å². The van der Waals surface area contributed by atoms with Crippen molar-refractivity contribution in [2.45, 2.75) is 46.3 Å². The topological polar surface area (TPSA) is 105 Å². The molecule has 1 aromatic rings. The minimum atomic E-state index is -1.16. The number of amides is 2. The van der Waals surface area contributed by atoms with E-state index in [0.717, 1.165) is 0 Å². The van der Waals surface area contributed by atoms with Gasteiger partial charge < -0.3 is 20.5 Å². The number of ether oxygens (including phenoxy) is 1. The Kier molecular flexibility index (Phi) is 6.36. The molecule has 24 heavy (non-hydrogen) atoms. The van der Waals surface area contributed by atoms with Crippen LogP contribution in [0.4, 0.5) is 10.5 Å². The number of aryl methyl sites for hydroxylation is 1. The van der Waals surface area contributed by atoms with E-state index in [1.807, 2.05) is 0 Å². The van der Waals surface area contributed by atoms with Gasteiger partial charge in [0.05, 0.1) is 11.3 Å². The summed E-state index contributed by atoms with van der Waals surface area (Å²) in [5.41, 5.74) is 0.0480. The van der Waals surface area contributed by atoms with Crippen LogP contribution in [0.25, 0.3) is 0 Å². The summed E-state index contributed by atoms with van der Waals surface area (Å²) in [5, 5.41) is 14.2. The molecule has 1 rings (SSSR count). The van der Waals surface area contributed by atoms with Gasteiger partial charge in [-0.25, -0.2) is 9.59 Å². The molecule has 0 spiro atoms. The molecular weight excluding hydrogens is 380 g/mol. The van der Waals surface area contributed by atoms with Crippen molar-refractivity contribution in [2.24, 2.45) is 0 Å². The van der Waals surface area contributed by atoms with Crippen LogP contribution >= 0.6 is 15.9 Å². The van der Waals surface area contributed by atoms with Crippen LogP contribution in [0.5, 0.6) is 0 Å². The largest absolute Gasteiger partial charge is 0.478 e. The summed E-state index contributed by atoms with van der Waals surface area (Å²) in [6.07, 6.45) is -0.726. The van der Waals surface area contributed by atoms with Gasteiger partial charge in [0.25, 0.3) is 0 Å². The minimum absolute atomic E-state index is 0.0420. The molecule has 1 atom stereocenters. The van der Waals surface area contributed by atoms with E-state index in [1.165, 1.54) is 13.0 Å². The van der Waals surface area contributed by atoms with Crippen LogP contribution in [0, 0.1) is 6.92 Å². The summed E-state index contributed by atoms with van der Waals surface area (Å²) in [4.78, 5) is 35.3. The van der Waals surface area contributed by atoms with E-state index in [2.05, 4.69) is 26.6 Å². The Morgan fingerprint density at radius 2 is 1.83 bits per heavy atom. The Morgan fingerprint density at radius 3 is 2.33 bits per heavy atom. The zero-order valence-electron chi connectivity index (χ0n) is 14.2. The quantitative estimate of drug-likeness (QED) is 0.718. The smallest absolute Gasteiger partial charge is 0.408 e. The van der Waals surface area contributed by atoms with Gasteiger partial charge in [0, 0.05) is 4.47 Å². The van der Waals surface area contributed by atoms with E-state index in [4.69, 9.17) is 4.74 Å². The van der Waals surface area contributed by atoms with Gasteiger partial charge in [-0.15, -0.1) is 0 Å². The lowest BCUT2D eigenvalue weighted by Gasteiger charge is -2.22. The number of rotatable bonds is 4. The van der Waals surface area contributed by atoms with Crippen LogP contribution in [0.15, 0.2) is 16.6 Å². The van der Waals surface area contributed by atoms with E-state index in [-0.39, 0.29) is 11.3 Å². The number of hydrogen-bond donors (Lipinski definition) is 3. The van der Waals surface area contributed by atoms with E-state index < -0.39 is 29.6 Å². The van der Waals surface area contributed by atoms with E-state index in [1.54, 1.807) is 33.8 Å². The van der Waals surface area contributed by atoms with Gasteiger partial charge in [0.1, 0.15) is 11.6 Å². The Balaban J connectivity index is 2.88. The molecule has 7 nitrogen and oxygen atoms in total. The van der Waals surface area contributed by atoms with Gasteiger partial charge in [-0.1, -0.05) is 15.9 Å². The van der Waals surface area contributed by atoms with Crippen molar-refractivity contribution in [3.05, 3.63) is 27.7 Å². The van der Waals surface area contributed by atoms with Crippen LogP contribution in [0.1, 0.15) is 43.6 Å². The fourth-order valence-electron chi connectivity index (χ4n) is 1.86. The average Bonchev–Trinajstić information content (AvgIpc) is 2.38. The zero-order chi connectivity index (χ0) is 18.7. The number of carboxylic acid groups (broad SMARTS) is 1. The number of carbonyl (C=O) groups excluding carboxylic acids is 2. The van der Waals surface area contributed by atoms with Gasteiger partial charge in [0.2, 0.25) is 5.91 Å². The number of anilines is 1. The molecule has 0 bridgehead atoms. The summed E-state index contributed by atoms with van der Waals surface area (Å²) in [7, 11) is 0. The van der Waals surface area contributed by atoms with Crippen molar-refractivity contribution >= 4 is 39.6 Å². The first-order valence-electron chi connectivity index (χ1n) is 7.24. The second kappa shape index (κ2) is 7.65. The Morgan fingerprint density at radius 1 is 1.25 bits per heavy atom. The first-order chi connectivity index (χ1) is 10.9. The number of halogens is 1. The van der Waals surface area contributed by atoms with Gasteiger partial charge in [-0.3, -0.25) is 4.79 Å². The number of carbonyl (C=O) groups is 3. The maximum Gasteiger partial charge on any atom is 0.408 e. The summed E-state index contributed by atoms with van der Waals surface area (Å²) in [6, 6.07) is 2.19. The molecule has 132 valence electrons. The SMILES string of the molecule is Cc1cc(Br)cc(C(=O)O)c1NC(=O)C(C)NC(=O)OC(C)(C)C. The molecule has 0 aliphatic heterocycles. The molecule has 0 aliphatic rings. The molecule has 8 heteroatoms. The number of alkyl carbamates (subject to hydrolysis) is 1. The standard InChI is InChI=1S/C16H21BrN2O5/c1-8-6-10(17)7-11(14(21)22)12(8)19-13(20)9(2)18-15(23)24-16(3,4)5/h6-7,9H,1-5H3,(H,18,23)(H,19,20)(H,21,22). The summed E-state index contributed by atoms with van der Waals surface area (Å²) < 4.78 is 5.67. The first kappa shape index (κ1) is 20.0. The van der Waals surface area contributed by atoms with E-state index >= 15 is 0 Å². The fourth-order valence-corrected chi connectivity index (χ4v) is 2.43. The number of aromatic carboxylic acids is 1. The maximum absolute atomic E-state index is 12.2. The fraction of sp³-hybridized carbons (Fsp3) is 0.438. The average molecular weight is 401 g/mol. The second-order valence-electron chi connectivity index (χ2n) is 6.31. The van der Waals surface area contributed by atoms with Crippen LogP contribution < -0.4 is 10.6 Å². The van der Waals surface area contributed by atoms with Gasteiger partial charge in [-0.05, 0) is 52.3 Å². The minimum Gasteiger partial charge on any atom is -0.478 e. The highest BCUT2D eigenvalue weighted by Gasteiger charge is 2.23. The molecule has 0 aromatic heterocycles. The molecule has 1 aromatic carbocycles. The van der Waals surface area contributed by atoms with Gasteiger partial charge in [-0.2, -0.15) is 0 Å². The lowest BCUT2D eigenvalue weighted by Crippen LogP contribution is -2.44. The monoisotopic (exact) mass is 400 g/mol. The van der Waals surface area contributed by atoms with Crippen molar-refractivity contribution in [3.63, 3.8) is 0 Å². The molecule has 0 heterocycles. The number of hydrogen-bond acceptors (Lipinski definition) is 4. The molecule has 2 amide bonds. The predicted molar refractivity (Wildman–Crippen MR) is 93.3 cm³/mol. The second-order valence-corrected chi connectivity index (χ2v) is 7.22. The van der Waals surface area contributed by atoms with Crippen molar-refractivity contribution in [1.29, 1.82) is 0 Å². The summed E-state index contributed by atoms with van der Waals surface area (Å²) in [5.74, 6) is -1.71. The third-order valence-electron chi connectivity index (χ3n) is 2.91. The van der Waals surface area contributed by atoms with Crippen LogP contribution in [0.3, 0.4) is 0 Å². The van der Waals surface area contributed by atoms with E-state index in [9.17, 15) is 19.5 Å². The first-order valence-corrected chi connectivity index (χ1v) is 8.04. The van der Waals surface area contributed by atoms with Crippen LogP contribution in [-0.2, 0) is 9.53 Å². The summed E-state index contributed by atoms with van der Waals surface area (Å²) in [6.45, 7) is 8.29. The highest BCUT2D eigenvalue weighted by atomic mass is 79.9. The molecular formula is C16H21BrN2O5. The third-order valence-corrected chi connectivity index (χ3v) is 3.36. The normalized spacial score (nSPS) is 12.2. The highest BCUT2D eigenvalue weighted by Crippen LogP contribution is 2.26. The number of nitrogens with one attached hydrogen (secondary N) is 2. The highest BCUT2D eigenvalue weighted by molar-refractivity contribution is 9.10. The van der Waals surface area contributed by atoms with Gasteiger partial charge in [0.15, 0.2) is 0 Å². The lowest BCUT2D eigenvalue weighted by molar-refractivity contribution is -0.117. The molecule has 3 N–H and O–H groups in total. The maximum atomic E-state index is 12.2. The summed E-state index contributed by atoms with van der Waals surface area (Å²) >= 11 is 3.22. The molecule has 0 radical (unpaired) electrons. The lowest BCUT2D eigenvalue weighted by atomic mass is 10.1. The van der Waals surface area contributed by atoms with Gasteiger partial charge >= 0.3 is 12.1 Å². The van der Waals surface area contributed by atoms with Crippen LogP contribution in [-0.4, -0.2) is 34.7 Å². The zero-order valence-corrected chi connectivity index (χ0v) is 15.8. The van der Waals surface area contributed by atoms with Crippen molar-refractivity contribution in [1.82, 2.24) is 5.32 Å². The molecule has 1 unspecified atom stereocenters. The van der Waals surface area contributed by atoms with Crippen molar-refractivity contribution < 1.29 is 24.2 Å². The van der Waals surface area contributed by atoms with Crippen molar-refractivity contribution in [3.8, 4) is 0 Å². The predicted octanol–water partition coefficient (Wildman–Crippen LogP) is 3.31. The number of carboxylic acids is 1. The number of benzene rings is 1. The molecule has 0 aliphatic carbocycles. The van der Waals surface area contributed by atoms with Crippen LogP contribution in [0.2, 0.25) is 0 Å². The molecule has 0 fully saturated rings. The third kappa shape index (κ3) is 5.84. The van der Waals surface area contributed by atoms with E-state index in [0.29, 0.717) is 10.0 Å². The molecule has 0 saturated carbocycles. The van der Waals surface area contributed by atoms with Crippen molar-refractivity contribution in [2.75, 3.05) is 5.32 Å². The Hall–Kier alpha value is -2.09.